The average Bonchev–Trinajstić information content (AvgIpc) is 3.12. The summed E-state index contributed by atoms with van der Waals surface area (Å²) in [6, 6.07) is 9.79. The minimum absolute atomic E-state index is 0.220. The van der Waals surface area contributed by atoms with Gasteiger partial charge in [-0.2, -0.15) is 5.10 Å². The molecule has 0 aliphatic heterocycles. The van der Waals surface area contributed by atoms with E-state index in [1.807, 2.05) is 0 Å². The lowest BCUT2D eigenvalue weighted by Gasteiger charge is -2.07. The number of hydrogen-bond acceptors (Lipinski definition) is 5. The van der Waals surface area contributed by atoms with E-state index in [1.165, 1.54) is 10.7 Å². The maximum Gasteiger partial charge on any atom is 0.266 e. The highest BCUT2D eigenvalue weighted by Crippen LogP contribution is 2.14. The minimum atomic E-state index is -0.238. The SMILES string of the molecule is O=C(NCCn1nc(-c2ccco2)ccc1=O)c1ccncc1. The first-order chi connectivity index (χ1) is 11.2. The Labute approximate surface area is 131 Å². The largest absolute Gasteiger partial charge is 0.463 e. The third-order valence-corrected chi connectivity index (χ3v) is 3.19. The lowest BCUT2D eigenvalue weighted by molar-refractivity contribution is 0.0951. The van der Waals surface area contributed by atoms with Gasteiger partial charge in [0, 0.05) is 30.6 Å². The van der Waals surface area contributed by atoms with Crippen molar-refractivity contribution in [2.24, 2.45) is 0 Å². The van der Waals surface area contributed by atoms with Crippen molar-refractivity contribution in [1.82, 2.24) is 20.1 Å². The molecule has 116 valence electrons. The van der Waals surface area contributed by atoms with Crippen molar-refractivity contribution in [3.63, 3.8) is 0 Å². The van der Waals surface area contributed by atoms with Crippen molar-refractivity contribution in [2.45, 2.75) is 6.54 Å². The number of nitrogens with one attached hydrogen (secondary N) is 1. The Kier molecular flexibility index (Phi) is 4.28. The monoisotopic (exact) mass is 310 g/mol. The Bertz CT molecular complexity index is 841. The number of nitrogens with zero attached hydrogens (tertiary/aromatic N) is 3. The molecule has 3 aromatic heterocycles. The van der Waals surface area contributed by atoms with E-state index in [0.717, 1.165) is 0 Å². The molecule has 1 amide bonds. The van der Waals surface area contributed by atoms with E-state index in [-0.39, 0.29) is 24.6 Å². The molecule has 0 bridgehead atoms. The van der Waals surface area contributed by atoms with E-state index in [1.54, 1.807) is 49.0 Å². The van der Waals surface area contributed by atoms with Gasteiger partial charge in [0.05, 0.1) is 12.8 Å². The zero-order chi connectivity index (χ0) is 16.1. The summed E-state index contributed by atoms with van der Waals surface area (Å²) in [7, 11) is 0. The molecular formula is C16H14N4O3. The third-order valence-electron chi connectivity index (χ3n) is 3.19. The van der Waals surface area contributed by atoms with Gasteiger partial charge < -0.3 is 9.73 Å². The number of carbonyl (C=O) groups excluding carboxylic acids is 1. The van der Waals surface area contributed by atoms with Crippen LogP contribution in [0.4, 0.5) is 0 Å². The molecule has 0 radical (unpaired) electrons. The van der Waals surface area contributed by atoms with E-state index < -0.39 is 0 Å². The normalized spacial score (nSPS) is 10.4. The fourth-order valence-corrected chi connectivity index (χ4v) is 2.05. The third kappa shape index (κ3) is 3.52. The first kappa shape index (κ1) is 14.7. The molecule has 3 rings (SSSR count). The molecule has 3 heterocycles. The summed E-state index contributed by atoms with van der Waals surface area (Å²) < 4.78 is 6.56. The highest BCUT2D eigenvalue weighted by molar-refractivity contribution is 5.93. The Morgan fingerprint density at radius 2 is 2.00 bits per heavy atom. The number of amides is 1. The van der Waals surface area contributed by atoms with Crippen LogP contribution in [0.3, 0.4) is 0 Å². The summed E-state index contributed by atoms with van der Waals surface area (Å²) in [6.45, 7) is 0.555. The molecule has 0 aliphatic carbocycles. The topological polar surface area (TPSA) is 90.0 Å². The van der Waals surface area contributed by atoms with Gasteiger partial charge in [-0.15, -0.1) is 0 Å². The van der Waals surface area contributed by atoms with Gasteiger partial charge in [0.15, 0.2) is 5.76 Å². The second kappa shape index (κ2) is 6.69. The van der Waals surface area contributed by atoms with Crippen LogP contribution in [0.25, 0.3) is 11.5 Å². The summed E-state index contributed by atoms with van der Waals surface area (Å²) >= 11 is 0. The molecule has 0 saturated carbocycles. The first-order valence-electron chi connectivity index (χ1n) is 7.04. The van der Waals surface area contributed by atoms with Gasteiger partial charge in [-0.25, -0.2) is 4.68 Å². The number of carbonyl (C=O) groups is 1. The molecule has 23 heavy (non-hydrogen) atoms. The van der Waals surface area contributed by atoms with E-state index in [0.29, 0.717) is 17.0 Å². The summed E-state index contributed by atoms with van der Waals surface area (Å²) in [6.07, 6.45) is 4.64. The average molecular weight is 310 g/mol. The highest BCUT2D eigenvalue weighted by Gasteiger charge is 2.07. The highest BCUT2D eigenvalue weighted by atomic mass is 16.3. The minimum Gasteiger partial charge on any atom is -0.463 e. The van der Waals surface area contributed by atoms with Crippen molar-refractivity contribution >= 4 is 5.91 Å². The Morgan fingerprint density at radius 1 is 1.17 bits per heavy atom. The van der Waals surface area contributed by atoms with Crippen molar-refractivity contribution in [2.75, 3.05) is 6.54 Å². The van der Waals surface area contributed by atoms with Gasteiger partial charge in [-0.3, -0.25) is 14.6 Å². The fourth-order valence-electron chi connectivity index (χ4n) is 2.05. The molecular weight excluding hydrogens is 296 g/mol. The van der Waals surface area contributed by atoms with Crippen LogP contribution in [0.5, 0.6) is 0 Å². The number of rotatable bonds is 5. The summed E-state index contributed by atoms with van der Waals surface area (Å²) in [5, 5.41) is 6.97. The quantitative estimate of drug-likeness (QED) is 0.768. The standard InChI is InChI=1S/C16H14N4O3/c21-15-4-3-13(14-2-1-11-23-14)19-20(15)10-9-18-16(22)12-5-7-17-8-6-12/h1-8,11H,9-10H2,(H,18,22). The summed E-state index contributed by atoms with van der Waals surface area (Å²) in [5.41, 5.74) is 0.846. The van der Waals surface area contributed by atoms with Gasteiger partial charge in [0.2, 0.25) is 0 Å². The first-order valence-corrected chi connectivity index (χ1v) is 7.04. The van der Waals surface area contributed by atoms with Gasteiger partial charge in [-0.05, 0) is 30.3 Å². The number of aromatic nitrogens is 3. The smallest absolute Gasteiger partial charge is 0.266 e. The molecule has 1 N–H and O–H groups in total. The second-order valence-electron chi connectivity index (χ2n) is 4.75. The lowest BCUT2D eigenvalue weighted by atomic mass is 10.2. The number of furan rings is 1. The van der Waals surface area contributed by atoms with Crippen LogP contribution >= 0.6 is 0 Å². The predicted octanol–water partition coefficient (Wildman–Crippen LogP) is 1.33. The van der Waals surface area contributed by atoms with Crippen molar-refractivity contribution < 1.29 is 9.21 Å². The van der Waals surface area contributed by atoms with Crippen molar-refractivity contribution in [3.05, 3.63) is 71.0 Å². The second-order valence-corrected chi connectivity index (χ2v) is 4.75. The van der Waals surface area contributed by atoms with Gasteiger partial charge in [0.25, 0.3) is 11.5 Å². The van der Waals surface area contributed by atoms with E-state index in [9.17, 15) is 9.59 Å². The molecule has 0 spiro atoms. The van der Waals surface area contributed by atoms with Crippen molar-refractivity contribution in [1.29, 1.82) is 0 Å². The van der Waals surface area contributed by atoms with Crippen LogP contribution in [-0.4, -0.2) is 27.2 Å². The van der Waals surface area contributed by atoms with Crippen LogP contribution in [0.2, 0.25) is 0 Å². The van der Waals surface area contributed by atoms with Crippen LogP contribution in [0.15, 0.2) is 64.3 Å². The van der Waals surface area contributed by atoms with E-state index in [2.05, 4.69) is 15.4 Å². The zero-order valence-corrected chi connectivity index (χ0v) is 12.2. The lowest BCUT2D eigenvalue weighted by Crippen LogP contribution is -2.31. The van der Waals surface area contributed by atoms with Crippen LogP contribution in [0.1, 0.15) is 10.4 Å². The molecule has 0 unspecified atom stereocenters. The van der Waals surface area contributed by atoms with Gasteiger partial charge in [0.1, 0.15) is 5.69 Å². The zero-order valence-electron chi connectivity index (χ0n) is 12.2. The van der Waals surface area contributed by atoms with Crippen LogP contribution in [-0.2, 0) is 6.54 Å². The maximum atomic E-state index is 11.9. The molecule has 0 aromatic carbocycles. The molecule has 0 atom stereocenters. The molecule has 0 saturated heterocycles. The van der Waals surface area contributed by atoms with E-state index >= 15 is 0 Å². The Morgan fingerprint density at radius 3 is 2.74 bits per heavy atom. The molecule has 0 fully saturated rings. The van der Waals surface area contributed by atoms with Gasteiger partial charge >= 0.3 is 0 Å². The molecule has 7 nitrogen and oxygen atoms in total. The van der Waals surface area contributed by atoms with Crippen molar-refractivity contribution in [3.8, 4) is 11.5 Å². The maximum absolute atomic E-state index is 11.9. The van der Waals surface area contributed by atoms with E-state index in [4.69, 9.17) is 4.42 Å². The van der Waals surface area contributed by atoms with Crippen LogP contribution in [0, 0.1) is 0 Å². The molecule has 3 aromatic rings. The van der Waals surface area contributed by atoms with Gasteiger partial charge in [-0.1, -0.05) is 0 Å². The Balaban J connectivity index is 1.65. The predicted molar refractivity (Wildman–Crippen MR) is 82.8 cm³/mol. The summed E-state index contributed by atoms with van der Waals surface area (Å²) in [4.78, 5) is 27.6. The molecule has 0 aliphatic rings. The summed E-state index contributed by atoms with van der Waals surface area (Å²) in [5.74, 6) is 0.363. The fraction of sp³-hybridized carbons (Fsp3) is 0.125. The Hall–Kier alpha value is -3.22. The number of pyridine rings is 1. The number of hydrogen-bond donors (Lipinski definition) is 1. The van der Waals surface area contributed by atoms with Crippen LogP contribution < -0.4 is 10.9 Å². The molecule has 7 heteroatoms.